The molecule has 0 aliphatic heterocycles. The molecule has 5 heteroatoms. The summed E-state index contributed by atoms with van der Waals surface area (Å²) < 4.78 is 0. The lowest BCUT2D eigenvalue weighted by atomic mass is 10.2. The van der Waals surface area contributed by atoms with Gasteiger partial charge in [-0.1, -0.05) is 25.2 Å². The van der Waals surface area contributed by atoms with Crippen molar-refractivity contribution in [1.82, 2.24) is 4.90 Å². The molecule has 0 fully saturated rings. The number of hydrogen-bond donors (Lipinski definition) is 1. The van der Waals surface area contributed by atoms with Crippen molar-refractivity contribution in [2.75, 3.05) is 31.4 Å². The lowest BCUT2D eigenvalue weighted by molar-refractivity contribution is 0.220. The van der Waals surface area contributed by atoms with Crippen molar-refractivity contribution >= 4 is 35.6 Å². The summed E-state index contributed by atoms with van der Waals surface area (Å²) in [5, 5.41) is 9.38. The molecule has 1 N–H and O–H groups in total. The molecule has 96 valence electrons. The second-order valence-corrected chi connectivity index (χ2v) is 4.04. The molecule has 0 rings (SSSR count). The van der Waals surface area contributed by atoms with E-state index in [2.05, 4.69) is 16.7 Å². The fraction of sp³-hybridized carbons (Fsp3) is 0.818. The SMILES string of the molecule is CCCC(O)C#CCN(CCCl)CCCl.Cl. The van der Waals surface area contributed by atoms with Gasteiger partial charge < -0.3 is 5.11 Å². The highest BCUT2D eigenvalue weighted by molar-refractivity contribution is 6.18. The van der Waals surface area contributed by atoms with E-state index in [1.165, 1.54) is 0 Å². The smallest absolute Gasteiger partial charge is 0.114 e. The van der Waals surface area contributed by atoms with Crippen LogP contribution in [0.4, 0.5) is 0 Å². The van der Waals surface area contributed by atoms with Gasteiger partial charge in [-0.15, -0.1) is 35.6 Å². The average molecular weight is 289 g/mol. The monoisotopic (exact) mass is 287 g/mol. The quantitative estimate of drug-likeness (QED) is 0.574. The zero-order valence-electron chi connectivity index (χ0n) is 9.59. The minimum atomic E-state index is -0.496. The van der Waals surface area contributed by atoms with E-state index in [1.54, 1.807) is 0 Å². The van der Waals surface area contributed by atoms with E-state index >= 15 is 0 Å². The third-order valence-corrected chi connectivity index (χ3v) is 2.27. The van der Waals surface area contributed by atoms with Crippen LogP contribution in [-0.4, -0.2) is 47.5 Å². The van der Waals surface area contributed by atoms with Gasteiger partial charge in [0.25, 0.3) is 0 Å². The van der Waals surface area contributed by atoms with Crippen LogP contribution in [0, 0.1) is 11.8 Å². The molecule has 0 bridgehead atoms. The summed E-state index contributed by atoms with van der Waals surface area (Å²) >= 11 is 11.3. The molecule has 0 saturated carbocycles. The van der Waals surface area contributed by atoms with Crippen LogP contribution in [0.15, 0.2) is 0 Å². The molecule has 0 aromatic rings. The van der Waals surface area contributed by atoms with E-state index in [0.29, 0.717) is 18.3 Å². The number of rotatable bonds is 7. The highest BCUT2D eigenvalue weighted by Gasteiger charge is 2.01. The molecule has 1 unspecified atom stereocenters. The van der Waals surface area contributed by atoms with E-state index in [-0.39, 0.29) is 12.4 Å². The van der Waals surface area contributed by atoms with Crippen LogP contribution >= 0.6 is 35.6 Å². The van der Waals surface area contributed by atoms with Crippen LogP contribution in [0.1, 0.15) is 19.8 Å². The highest BCUT2D eigenvalue weighted by atomic mass is 35.5. The van der Waals surface area contributed by atoms with Gasteiger partial charge in [0, 0.05) is 24.8 Å². The van der Waals surface area contributed by atoms with Crippen LogP contribution in [-0.2, 0) is 0 Å². The van der Waals surface area contributed by atoms with E-state index in [9.17, 15) is 5.11 Å². The first-order valence-electron chi connectivity index (χ1n) is 5.25. The summed E-state index contributed by atoms with van der Waals surface area (Å²) in [5.74, 6) is 6.92. The van der Waals surface area contributed by atoms with Crippen molar-refractivity contribution < 1.29 is 5.11 Å². The normalized spacial score (nSPS) is 11.6. The zero-order valence-corrected chi connectivity index (χ0v) is 11.9. The standard InChI is InChI=1S/C11H19Cl2NO.ClH/c1-2-4-11(15)5-3-8-14(9-6-12)10-7-13;/h11,15H,2,4,6-10H2,1H3;1H. The van der Waals surface area contributed by atoms with Crippen LogP contribution < -0.4 is 0 Å². The summed E-state index contributed by atoms with van der Waals surface area (Å²) in [7, 11) is 0. The summed E-state index contributed by atoms with van der Waals surface area (Å²) in [4.78, 5) is 2.08. The van der Waals surface area contributed by atoms with Crippen molar-refractivity contribution in [2.45, 2.75) is 25.9 Å². The Bertz CT molecular complexity index is 197. The average Bonchev–Trinajstić information content (AvgIpc) is 2.19. The molecule has 0 radical (unpaired) electrons. The van der Waals surface area contributed by atoms with Crippen LogP contribution in [0.2, 0.25) is 0 Å². The molecule has 0 saturated heterocycles. The molecule has 0 aliphatic rings. The second kappa shape index (κ2) is 13.4. The Morgan fingerprint density at radius 3 is 2.25 bits per heavy atom. The van der Waals surface area contributed by atoms with Crippen molar-refractivity contribution in [1.29, 1.82) is 0 Å². The van der Waals surface area contributed by atoms with Crippen LogP contribution in [0.3, 0.4) is 0 Å². The number of alkyl halides is 2. The van der Waals surface area contributed by atoms with Gasteiger partial charge in [0.1, 0.15) is 6.10 Å². The first-order chi connectivity index (χ1) is 7.24. The Hall–Kier alpha value is 0.350. The van der Waals surface area contributed by atoms with Gasteiger partial charge in [-0.2, -0.15) is 0 Å². The molecule has 0 spiro atoms. The van der Waals surface area contributed by atoms with Gasteiger partial charge in [0.15, 0.2) is 0 Å². The van der Waals surface area contributed by atoms with Crippen LogP contribution in [0.5, 0.6) is 0 Å². The molecule has 0 aliphatic carbocycles. The zero-order chi connectivity index (χ0) is 11.5. The van der Waals surface area contributed by atoms with E-state index in [4.69, 9.17) is 23.2 Å². The minimum Gasteiger partial charge on any atom is -0.380 e. The van der Waals surface area contributed by atoms with Crippen LogP contribution in [0.25, 0.3) is 0 Å². The van der Waals surface area contributed by atoms with Crippen molar-refractivity contribution in [2.24, 2.45) is 0 Å². The first kappa shape index (κ1) is 18.7. The van der Waals surface area contributed by atoms with Gasteiger partial charge >= 0.3 is 0 Å². The molecule has 0 heterocycles. The van der Waals surface area contributed by atoms with E-state index < -0.39 is 6.10 Å². The molecule has 16 heavy (non-hydrogen) atoms. The van der Waals surface area contributed by atoms with Crippen molar-refractivity contribution in [3.05, 3.63) is 0 Å². The van der Waals surface area contributed by atoms with Crippen molar-refractivity contribution in [3.8, 4) is 11.8 Å². The Morgan fingerprint density at radius 2 is 1.81 bits per heavy atom. The van der Waals surface area contributed by atoms with Crippen molar-refractivity contribution in [3.63, 3.8) is 0 Å². The molecule has 0 aromatic heterocycles. The van der Waals surface area contributed by atoms with Gasteiger partial charge in [0.2, 0.25) is 0 Å². The molecular weight excluding hydrogens is 268 g/mol. The fourth-order valence-electron chi connectivity index (χ4n) is 1.13. The lowest BCUT2D eigenvalue weighted by Gasteiger charge is -2.16. The fourth-order valence-corrected chi connectivity index (χ4v) is 1.61. The number of aliphatic hydroxyl groups excluding tert-OH is 1. The highest BCUT2D eigenvalue weighted by Crippen LogP contribution is 1.94. The molecule has 0 aromatic carbocycles. The summed E-state index contributed by atoms with van der Waals surface area (Å²) in [6.45, 7) is 4.22. The van der Waals surface area contributed by atoms with E-state index in [1.807, 2.05) is 6.92 Å². The largest absolute Gasteiger partial charge is 0.380 e. The Balaban J connectivity index is 0. The van der Waals surface area contributed by atoms with Gasteiger partial charge in [0.05, 0.1) is 6.54 Å². The predicted molar refractivity (Wildman–Crippen MR) is 73.8 cm³/mol. The lowest BCUT2D eigenvalue weighted by Crippen LogP contribution is -2.28. The van der Waals surface area contributed by atoms with Gasteiger partial charge in [-0.05, 0) is 6.42 Å². The number of aliphatic hydroxyl groups is 1. The Morgan fingerprint density at radius 1 is 1.25 bits per heavy atom. The number of nitrogens with zero attached hydrogens (tertiary/aromatic N) is 1. The molecule has 0 amide bonds. The van der Waals surface area contributed by atoms with E-state index in [0.717, 1.165) is 25.9 Å². The third kappa shape index (κ3) is 10.9. The predicted octanol–water partition coefficient (Wildman–Crippen LogP) is 2.35. The van der Waals surface area contributed by atoms with Gasteiger partial charge in [-0.25, -0.2) is 0 Å². The summed E-state index contributed by atoms with van der Waals surface area (Å²) in [6, 6.07) is 0. The maximum absolute atomic E-state index is 9.38. The summed E-state index contributed by atoms with van der Waals surface area (Å²) in [6.07, 6.45) is 1.19. The molecule has 2 nitrogen and oxygen atoms in total. The molecular formula is C11H20Cl3NO. The topological polar surface area (TPSA) is 23.5 Å². The second-order valence-electron chi connectivity index (χ2n) is 3.28. The minimum absolute atomic E-state index is 0. The van der Waals surface area contributed by atoms with Gasteiger partial charge in [-0.3, -0.25) is 4.90 Å². The maximum Gasteiger partial charge on any atom is 0.114 e. The number of hydrogen-bond acceptors (Lipinski definition) is 2. The first-order valence-corrected chi connectivity index (χ1v) is 6.32. The molecule has 1 atom stereocenters. The Kier molecular flexibility index (Phi) is 15.7. The third-order valence-electron chi connectivity index (χ3n) is 1.93. The maximum atomic E-state index is 9.38. The summed E-state index contributed by atoms with van der Waals surface area (Å²) in [5.41, 5.74) is 0. The Labute approximate surface area is 115 Å². The number of halogens is 3.